The number of carbonyl (C=O) groups excluding carboxylic acids is 1. The molecule has 0 fully saturated rings. The number of H-pyrrole nitrogens is 1. The van der Waals surface area contributed by atoms with Crippen LogP contribution in [0.25, 0.3) is 10.9 Å². The first kappa shape index (κ1) is 10.7. The number of fused-ring (bicyclic) bond motifs is 1. The van der Waals surface area contributed by atoms with E-state index in [0.29, 0.717) is 22.2 Å². The molecule has 0 aliphatic heterocycles. The third-order valence-corrected chi connectivity index (χ3v) is 2.56. The van der Waals surface area contributed by atoms with Gasteiger partial charge in [-0.2, -0.15) is 0 Å². The van der Waals surface area contributed by atoms with E-state index in [1.807, 2.05) is 0 Å². The zero-order valence-electron chi connectivity index (χ0n) is 9.47. The van der Waals surface area contributed by atoms with Crippen molar-refractivity contribution in [3.05, 3.63) is 35.3 Å². The van der Waals surface area contributed by atoms with Gasteiger partial charge in [0.2, 0.25) is 0 Å². The highest BCUT2D eigenvalue weighted by Gasteiger charge is 2.12. The van der Waals surface area contributed by atoms with E-state index in [4.69, 9.17) is 0 Å². The van der Waals surface area contributed by atoms with E-state index < -0.39 is 0 Å². The molecule has 0 spiro atoms. The van der Waals surface area contributed by atoms with Crippen LogP contribution in [0.4, 0.5) is 4.39 Å². The molecule has 1 aromatic heterocycles. The van der Waals surface area contributed by atoms with Crippen molar-refractivity contribution in [1.29, 1.82) is 0 Å². The highest BCUT2D eigenvalue weighted by atomic mass is 19.1. The molecule has 3 nitrogen and oxygen atoms in total. The molecule has 0 atom stereocenters. The number of halogens is 1. The molecule has 0 bridgehead atoms. The Bertz CT molecular complexity index is 563. The topological polar surface area (TPSA) is 36.1 Å². The zero-order valence-corrected chi connectivity index (χ0v) is 9.47. The number of aromatic amines is 1. The van der Waals surface area contributed by atoms with E-state index >= 15 is 0 Å². The molecule has 4 heteroatoms. The lowest BCUT2D eigenvalue weighted by atomic mass is 10.1. The van der Waals surface area contributed by atoms with E-state index in [1.54, 1.807) is 39.2 Å². The van der Waals surface area contributed by atoms with Gasteiger partial charge in [-0.1, -0.05) is 0 Å². The SMILES string of the molecule is Cc1[nH]c2ccc(C(=O)N(C)C)cc2c1F.[HH]. The average Bonchev–Trinajstić information content (AvgIpc) is 2.53. The molecule has 1 amide bonds. The summed E-state index contributed by atoms with van der Waals surface area (Å²) >= 11 is 0. The number of aryl methyl sites for hydroxylation is 1. The third-order valence-electron chi connectivity index (χ3n) is 2.56. The van der Waals surface area contributed by atoms with Crippen LogP contribution in [0.15, 0.2) is 18.2 Å². The lowest BCUT2D eigenvalue weighted by molar-refractivity contribution is 0.0828. The fourth-order valence-electron chi connectivity index (χ4n) is 1.68. The Labute approximate surface area is 94.4 Å². The molecule has 1 N–H and O–H groups in total. The average molecular weight is 222 g/mol. The fraction of sp³-hybridized carbons (Fsp3) is 0.250. The molecule has 1 heterocycles. The van der Waals surface area contributed by atoms with E-state index in [9.17, 15) is 9.18 Å². The van der Waals surface area contributed by atoms with Gasteiger partial charge in [-0.15, -0.1) is 0 Å². The molecule has 0 saturated carbocycles. The van der Waals surface area contributed by atoms with Crippen LogP contribution in [0.3, 0.4) is 0 Å². The Morgan fingerprint density at radius 2 is 2.12 bits per heavy atom. The van der Waals surface area contributed by atoms with E-state index in [2.05, 4.69) is 4.98 Å². The maximum atomic E-state index is 13.6. The third kappa shape index (κ3) is 1.56. The lowest BCUT2D eigenvalue weighted by Crippen LogP contribution is -2.21. The summed E-state index contributed by atoms with van der Waals surface area (Å²) in [6.45, 7) is 1.67. The number of nitrogens with one attached hydrogen (secondary N) is 1. The van der Waals surface area contributed by atoms with E-state index in [-0.39, 0.29) is 13.2 Å². The van der Waals surface area contributed by atoms with Gasteiger partial charge in [-0.05, 0) is 25.1 Å². The molecule has 0 saturated heterocycles. The summed E-state index contributed by atoms with van der Waals surface area (Å²) in [5.41, 5.74) is 1.70. The van der Waals surface area contributed by atoms with Crippen molar-refractivity contribution in [1.82, 2.24) is 9.88 Å². The van der Waals surface area contributed by atoms with Gasteiger partial charge in [0, 0.05) is 37.7 Å². The Balaban J connectivity index is 0.00000144. The minimum Gasteiger partial charge on any atom is -0.356 e. The largest absolute Gasteiger partial charge is 0.356 e. The van der Waals surface area contributed by atoms with Crippen molar-refractivity contribution in [3.8, 4) is 0 Å². The first-order valence-corrected chi connectivity index (χ1v) is 5.00. The number of hydrogen-bond donors (Lipinski definition) is 1. The quantitative estimate of drug-likeness (QED) is 0.790. The summed E-state index contributed by atoms with van der Waals surface area (Å²) in [5.74, 6) is -0.413. The smallest absolute Gasteiger partial charge is 0.253 e. The van der Waals surface area contributed by atoms with Crippen LogP contribution in [0, 0.1) is 12.7 Å². The van der Waals surface area contributed by atoms with Crippen molar-refractivity contribution in [3.63, 3.8) is 0 Å². The minimum atomic E-state index is -0.289. The number of carbonyl (C=O) groups is 1. The second-order valence-electron chi connectivity index (χ2n) is 4.02. The Morgan fingerprint density at radius 1 is 1.44 bits per heavy atom. The normalized spacial score (nSPS) is 10.8. The second kappa shape index (κ2) is 3.63. The van der Waals surface area contributed by atoms with Crippen molar-refractivity contribution in [2.45, 2.75) is 6.92 Å². The molecule has 2 rings (SSSR count). The lowest BCUT2D eigenvalue weighted by Gasteiger charge is -2.09. The summed E-state index contributed by atoms with van der Waals surface area (Å²) in [5, 5.41) is 0.463. The van der Waals surface area contributed by atoms with Crippen LogP contribution in [0.1, 0.15) is 17.5 Å². The van der Waals surface area contributed by atoms with Crippen LogP contribution >= 0.6 is 0 Å². The fourth-order valence-corrected chi connectivity index (χ4v) is 1.68. The van der Waals surface area contributed by atoms with Crippen LogP contribution in [-0.4, -0.2) is 29.9 Å². The van der Waals surface area contributed by atoms with Crippen LogP contribution < -0.4 is 0 Å². The summed E-state index contributed by atoms with van der Waals surface area (Å²) in [6, 6.07) is 5.00. The van der Waals surface area contributed by atoms with Crippen LogP contribution in [0.5, 0.6) is 0 Å². The van der Waals surface area contributed by atoms with Crippen molar-refractivity contribution in [2.24, 2.45) is 0 Å². The molecule has 0 radical (unpaired) electrons. The van der Waals surface area contributed by atoms with Crippen molar-refractivity contribution >= 4 is 16.8 Å². The van der Waals surface area contributed by atoms with Gasteiger partial charge in [0.15, 0.2) is 5.82 Å². The standard InChI is InChI=1S/C12H13FN2O.H2/c1-7-11(13)9-6-8(12(16)15(2)3)4-5-10(9)14-7;/h4-6,14H,1-3H3;1H. The van der Waals surface area contributed by atoms with Gasteiger partial charge in [0.25, 0.3) is 5.91 Å². The van der Waals surface area contributed by atoms with E-state index in [0.717, 1.165) is 0 Å². The predicted molar refractivity (Wildman–Crippen MR) is 63.1 cm³/mol. The van der Waals surface area contributed by atoms with Crippen LogP contribution in [0.2, 0.25) is 0 Å². The summed E-state index contributed by atoms with van der Waals surface area (Å²) in [4.78, 5) is 16.1. The maximum absolute atomic E-state index is 13.6. The molecule has 1 aromatic carbocycles. The highest BCUT2D eigenvalue weighted by molar-refractivity contribution is 5.98. The minimum absolute atomic E-state index is 0. The van der Waals surface area contributed by atoms with Gasteiger partial charge in [0.1, 0.15) is 0 Å². The number of amides is 1. The van der Waals surface area contributed by atoms with Gasteiger partial charge < -0.3 is 9.88 Å². The first-order chi connectivity index (χ1) is 7.50. The van der Waals surface area contributed by atoms with E-state index in [1.165, 1.54) is 4.90 Å². The molecule has 2 aromatic rings. The number of benzene rings is 1. The summed E-state index contributed by atoms with van der Waals surface area (Å²) in [6.07, 6.45) is 0. The molecular formula is C12H15FN2O. The maximum Gasteiger partial charge on any atom is 0.253 e. The van der Waals surface area contributed by atoms with Crippen molar-refractivity contribution < 1.29 is 10.6 Å². The van der Waals surface area contributed by atoms with Gasteiger partial charge in [0.05, 0.1) is 0 Å². The number of aromatic nitrogens is 1. The molecule has 0 unspecified atom stereocenters. The first-order valence-electron chi connectivity index (χ1n) is 5.00. The van der Waals surface area contributed by atoms with Gasteiger partial charge >= 0.3 is 0 Å². The van der Waals surface area contributed by atoms with Crippen molar-refractivity contribution in [2.75, 3.05) is 14.1 Å². The molecule has 0 aliphatic carbocycles. The molecule has 16 heavy (non-hydrogen) atoms. The highest BCUT2D eigenvalue weighted by Crippen LogP contribution is 2.21. The Hall–Kier alpha value is -1.84. The van der Waals surface area contributed by atoms with Crippen LogP contribution in [-0.2, 0) is 0 Å². The molecular weight excluding hydrogens is 207 g/mol. The summed E-state index contributed by atoms with van der Waals surface area (Å²) in [7, 11) is 3.34. The Morgan fingerprint density at radius 3 is 2.75 bits per heavy atom. The number of rotatable bonds is 1. The second-order valence-corrected chi connectivity index (χ2v) is 4.02. The zero-order chi connectivity index (χ0) is 11.9. The predicted octanol–water partition coefficient (Wildman–Crippen LogP) is 2.56. The molecule has 86 valence electrons. The van der Waals surface area contributed by atoms with Gasteiger partial charge in [-0.3, -0.25) is 4.79 Å². The summed E-state index contributed by atoms with van der Waals surface area (Å²) < 4.78 is 13.6. The van der Waals surface area contributed by atoms with Gasteiger partial charge in [-0.25, -0.2) is 4.39 Å². The number of nitrogens with zero attached hydrogens (tertiary/aromatic N) is 1. The Kier molecular flexibility index (Phi) is 2.42. The molecule has 0 aliphatic rings. The monoisotopic (exact) mass is 222 g/mol. The number of hydrogen-bond acceptors (Lipinski definition) is 1.